The fourth-order valence-electron chi connectivity index (χ4n) is 2.89. The molecule has 0 aromatic carbocycles. The van der Waals surface area contributed by atoms with Gasteiger partial charge in [0.1, 0.15) is 12.1 Å². The van der Waals surface area contributed by atoms with E-state index in [0.29, 0.717) is 11.9 Å². The van der Waals surface area contributed by atoms with Crippen LogP contribution in [0.2, 0.25) is 0 Å². The number of aryl methyl sites for hydroxylation is 2. The molecular weight excluding hydrogens is 280 g/mol. The highest BCUT2D eigenvalue weighted by Gasteiger charge is 2.24. The van der Waals surface area contributed by atoms with Crippen molar-refractivity contribution in [2.24, 2.45) is 0 Å². The molecular formula is C15H22N6O. The lowest BCUT2D eigenvalue weighted by atomic mass is 10.0. The van der Waals surface area contributed by atoms with Gasteiger partial charge in [0.2, 0.25) is 5.89 Å². The van der Waals surface area contributed by atoms with E-state index in [0.717, 1.165) is 49.8 Å². The van der Waals surface area contributed by atoms with E-state index in [1.165, 1.54) is 0 Å². The summed E-state index contributed by atoms with van der Waals surface area (Å²) in [5, 5.41) is 3.97. The van der Waals surface area contributed by atoms with E-state index < -0.39 is 0 Å². The summed E-state index contributed by atoms with van der Waals surface area (Å²) in [7, 11) is 2.12. The lowest BCUT2D eigenvalue weighted by Crippen LogP contribution is -2.43. The van der Waals surface area contributed by atoms with Crippen LogP contribution in [0.15, 0.2) is 16.9 Å². The van der Waals surface area contributed by atoms with Crippen molar-refractivity contribution < 1.29 is 4.52 Å². The van der Waals surface area contributed by atoms with Gasteiger partial charge in [0.25, 0.3) is 0 Å². The number of rotatable bonds is 4. The van der Waals surface area contributed by atoms with Crippen molar-refractivity contribution in [2.45, 2.75) is 39.3 Å². The summed E-state index contributed by atoms with van der Waals surface area (Å²) >= 11 is 0. The van der Waals surface area contributed by atoms with Crippen LogP contribution < -0.4 is 4.90 Å². The maximum Gasteiger partial charge on any atom is 0.223 e. The molecule has 3 heterocycles. The molecule has 118 valence electrons. The maximum absolute atomic E-state index is 5.02. The third kappa shape index (κ3) is 3.41. The van der Waals surface area contributed by atoms with E-state index in [1.54, 1.807) is 6.33 Å². The molecule has 2 aromatic heterocycles. The first-order chi connectivity index (χ1) is 10.6. The first-order valence-electron chi connectivity index (χ1n) is 7.65. The van der Waals surface area contributed by atoms with Gasteiger partial charge in [0.05, 0.1) is 6.54 Å². The molecule has 0 N–H and O–H groups in total. The number of hydrogen-bond donors (Lipinski definition) is 0. The Balaban J connectivity index is 1.55. The van der Waals surface area contributed by atoms with Crippen LogP contribution in [0, 0.1) is 13.8 Å². The molecule has 1 aliphatic rings. The fourth-order valence-corrected chi connectivity index (χ4v) is 2.89. The average Bonchev–Trinajstić information content (AvgIpc) is 2.92. The Bertz CT molecular complexity index is 620. The Hall–Kier alpha value is -2.02. The van der Waals surface area contributed by atoms with Gasteiger partial charge in [-0.05, 0) is 19.8 Å². The van der Waals surface area contributed by atoms with Gasteiger partial charge in [0.15, 0.2) is 5.82 Å². The molecule has 7 nitrogen and oxygen atoms in total. The Morgan fingerprint density at radius 2 is 2.05 bits per heavy atom. The van der Waals surface area contributed by atoms with Gasteiger partial charge < -0.3 is 9.42 Å². The van der Waals surface area contributed by atoms with Crippen LogP contribution in [-0.2, 0) is 6.54 Å². The Morgan fingerprint density at radius 1 is 1.27 bits per heavy atom. The quantitative estimate of drug-likeness (QED) is 0.849. The van der Waals surface area contributed by atoms with E-state index in [2.05, 4.69) is 37.0 Å². The SMILES string of the molecule is Cc1cc(N(C)C2CCN(Cc3noc(C)n3)CC2)ncn1. The van der Waals surface area contributed by atoms with E-state index >= 15 is 0 Å². The van der Waals surface area contributed by atoms with Gasteiger partial charge in [-0.3, -0.25) is 4.90 Å². The number of aromatic nitrogens is 4. The molecule has 0 radical (unpaired) electrons. The van der Waals surface area contributed by atoms with Crippen LogP contribution in [0.5, 0.6) is 0 Å². The minimum Gasteiger partial charge on any atom is -0.356 e. The standard InChI is InChI=1S/C15H22N6O/c1-11-8-15(17-10-16-11)20(3)13-4-6-21(7-5-13)9-14-18-12(2)22-19-14/h8,10,13H,4-7,9H2,1-3H3. The highest BCUT2D eigenvalue weighted by Crippen LogP contribution is 2.21. The number of piperidine rings is 1. The number of hydrogen-bond acceptors (Lipinski definition) is 7. The summed E-state index contributed by atoms with van der Waals surface area (Å²) in [4.78, 5) is 17.4. The summed E-state index contributed by atoms with van der Waals surface area (Å²) in [6, 6.07) is 2.55. The predicted molar refractivity (Wildman–Crippen MR) is 82.5 cm³/mol. The van der Waals surface area contributed by atoms with Crippen LogP contribution in [0.3, 0.4) is 0 Å². The summed E-state index contributed by atoms with van der Waals surface area (Å²) < 4.78 is 5.02. The van der Waals surface area contributed by atoms with E-state index in [4.69, 9.17) is 4.52 Å². The van der Waals surface area contributed by atoms with Crippen LogP contribution in [0.25, 0.3) is 0 Å². The molecule has 0 unspecified atom stereocenters. The maximum atomic E-state index is 5.02. The van der Waals surface area contributed by atoms with E-state index in [1.807, 2.05) is 19.9 Å². The van der Waals surface area contributed by atoms with Crippen molar-refractivity contribution in [3.05, 3.63) is 29.8 Å². The van der Waals surface area contributed by atoms with E-state index in [9.17, 15) is 0 Å². The zero-order chi connectivity index (χ0) is 15.5. The Morgan fingerprint density at radius 3 is 2.68 bits per heavy atom. The van der Waals surface area contributed by atoms with Crippen molar-refractivity contribution in [2.75, 3.05) is 25.0 Å². The molecule has 0 spiro atoms. The molecule has 22 heavy (non-hydrogen) atoms. The molecule has 1 aliphatic heterocycles. The van der Waals surface area contributed by atoms with Crippen LogP contribution in [0.4, 0.5) is 5.82 Å². The molecule has 0 bridgehead atoms. The number of nitrogens with zero attached hydrogens (tertiary/aromatic N) is 6. The third-order valence-electron chi connectivity index (χ3n) is 4.19. The number of likely N-dealkylation sites (tertiary alicyclic amines) is 1. The zero-order valence-electron chi connectivity index (χ0n) is 13.4. The topological polar surface area (TPSA) is 71.2 Å². The Labute approximate surface area is 130 Å². The van der Waals surface area contributed by atoms with Gasteiger partial charge in [-0.15, -0.1) is 0 Å². The smallest absolute Gasteiger partial charge is 0.223 e. The predicted octanol–water partition coefficient (Wildman–Crippen LogP) is 1.58. The molecule has 0 saturated carbocycles. The minimum atomic E-state index is 0.512. The van der Waals surface area contributed by atoms with Gasteiger partial charge in [-0.25, -0.2) is 9.97 Å². The second-order valence-corrected chi connectivity index (χ2v) is 5.87. The van der Waals surface area contributed by atoms with Crippen molar-refractivity contribution in [1.82, 2.24) is 25.0 Å². The van der Waals surface area contributed by atoms with Gasteiger partial charge in [-0.1, -0.05) is 5.16 Å². The highest BCUT2D eigenvalue weighted by atomic mass is 16.5. The van der Waals surface area contributed by atoms with Crippen LogP contribution >= 0.6 is 0 Å². The van der Waals surface area contributed by atoms with Crippen molar-refractivity contribution in [1.29, 1.82) is 0 Å². The minimum absolute atomic E-state index is 0.512. The molecule has 0 atom stereocenters. The van der Waals surface area contributed by atoms with Crippen LogP contribution in [0.1, 0.15) is 30.3 Å². The zero-order valence-corrected chi connectivity index (χ0v) is 13.4. The van der Waals surface area contributed by atoms with Gasteiger partial charge >= 0.3 is 0 Å². The van der Waals surface area contributed by atoms with Gasteiger partial charge in [-0.2, -0.15) is 4.98 Å². The lowest BCUT2D eigenvalue weighted by Gasteiger charge is -2.36. The molecule has 1 fully saturated rings. The highest BCUT2D eigenvalue weighted by molar-refractivity contribution is 5.39. The summed E-state index contributed by atoms with van der Waals surface area (Å²) in [6.07, 6.45) is 3.85. The first kappa shape index (κ1) is 14.9. The average molecular weight is 302 g/mol. The largest absolute Gasteiger partial charge is 0.356 e. The third-order valence-corrected chi connectivity index (χ3v) is 4.19. The molecule has 7 heteroatoms. The molecule has 3 rings (SSSR count). The molecule has 0 amide bonds. The molecule has 2 aromatic rings. The fraction of sp³-hybridized carbons (Fsp3) is 0.600. The van der Waals surface area contributed by atoms with Gasteiger partial charge in [0, 0.05) is 44.9 Å². The van der Waals surface area contributed by atoms with E-state index in [-0.39, 0.29) is 0 Å². The molecule has 0 aliphatic carbocycles. The second kappa shape index (κ2) is 6.39. The lowest BCUT2D eigenvalue weighted by molar-refractivity contribution is 0.196. The van der Waals surface area contributed by atoms with Crippen LogP contribution in [-0.4, -0.2) is 51.2 Å². The first-order valence-corrected chi connectivity index (χ1v) is 7.65. The summed E-state index contributed by atoms with van der Waals surface area (Å²) in [6.45, 7) is 6.65. The normalized spacial score (nSPS) is 16.9. The second-order valence-electron chi connectivity index (χ2n) is 5.87. The Kier molecular flexibility index (Phi) is 4.33. The van der Waals surface area contributed by atoms with Crippen molar-refractivity contribution in [3.63, 3.8) is 0 Å². The summed E-state index contributed by atoms with van der Waals surface area (Å²) in [5.74, 6) is 2.40. The number of anilines is 1. The van der Waals surface area contributed by atoms with Crippen molar-refractivity contribution in [3.8, 4) is 0 Å². The van der Waals surface area contributed by atoms with Crippen molar-refractivity contribution >= 4 is 5.82 Å². The summed E-state index contributed by atoms with van der Waals surface area (Å²) in [5.41, 5.74) is 1.00. The molecule has 1 saturated heterocycles. The monoisotopic (exact) mass is 302 g/mol.